The molecule has 6 heteroatoms. The summed E-state index contributed by atoms with van der Waals surface area (Å²) < 4.78 is 5.39. The van der Waals surface area contributed by atoms with Gasteiger partial charge in [-0.05, 0) is 29.8 Å². The standard InChI is InChI=1S/C25H26N4O2.C3H8.3C2H6/c1-16(26-23-15-22(31-29-23)25(2,3)4)13-17-9-11-19(12-10-17)27-24(30)21-14-18-7-5-6-8-20(18)28-21;1-3-2;3*1-2/h5-12,14-15,28H,1,13H2,2-4H3,(H,26,29)(H,27,30);3H2,1-2H3;3*1-2H3. The van der Waals surface area contributed by atoms with Crippen molar-refractivity contribution in [3.05, 3.63) is 90.0 Å². The largest absolute Gasteiger partial charge is 0.359 e. The molecular formula is C34H52N4O2. The highest BCUT2D eigenvalue weighted by molar-refractivity contribution is 6.05. The van der Waals surface area contributed by atoms with Crippen molar-refractivity contribution in [2.45, 2.75) is 94.4 Å². The van der Waals surface area contributed by atoms with Gasteiger partial charge in [0.2, 0.25) is 0 Å². The van der Waals surface area contributed by atoms with Crippen LogP contribution < -0.4 is 10.6 Å². The predicted molar refractivity (Wildman–Crippen MR) is 174 cm³/mol. The molecule has 2 aromatic heterocycles. The van der Waals surface area contributed by atoms with E-state index >= 15 is 0 Å². The van der Waals surface area contributed by atoms with Gasteiger partial charge in [0.15, 0.2) is 5.82 Å². The van der Waals surface area contributed by atoms with Gasteiger partial charge >= 0.3 is 0 Å². The maximum Gasteiger partial charge on any atom is 0.272 e. The van der Waals surface area contributed by atoms with E-state index in [0.29, 0.717) is 17.9 Å². The fourth-order valence-corrected chi connectivity index (χ4v) is 3.26. The maximum absolute atomic E-state index is 12.5. The number of H-pyrrole nitrogens is 1. The predicted octanol–water partition coefficient (Wildman–Crippen LogP) is 10.4. The summed E-state index contributed by atoms with van der Waals surface area (Å²) >= 11 is 0. The van der Waals surface area contributed by atoms with Crippen LogP contribution in [0.5, 0.6) is 0 Å². The normalized spacial score (nSPS) is 9.78. The zero-order valence-corrected chi connectivity index (χ0v) is 26.7. The van der Waals surface area contributed by atoms with Crippen molar-refractivity contribution in [1.29, 1.82) is 0 Å². The Hall–Kier alpha value is -3.80. The average Bonchev–Trinajstić information content (AvgIpc) is 3.61. The number of nitrogens with zero attached hydrogens (tertiary/aromatic N) is 1. The zero-order chi connectivity index (χ0) is 30.7. The molecule has 4 aromatic rings. The number of hydrogen-bond acceptors (Lipinski definition) is 4. The molecule has 0 saturated carbocycles. The van der Waals surface area contributed by atoms with Crippen molar-refractivity contribution in [2.24, 2.45) is 0 Å². The lowest BCUT2D eigenvalue weighted by molar-refractivity contribution is 0.102. The highest BCUT2D eigenvalue weighted by atomic mass is 16.5. The van der Waals surface area contributed by atoms with Crippen LogP contribution in [0.2, 0.25) is 0 Å². The molecule has 0 saturated heterocycles. The van der Waals surface area contributed by atoms with Gasteiger partial charge in [-0.2, -0.15) is 0 Å². The molecule has 40 heavy (non-hydrogen) atoms. The molecule has 6 nitrogen and oxygen atoms in total. The first-order valence-corrected chi connectivity index (χ1v) is 14.6. The van der Waals surface area contributed by atoms with Gasteiger partial charge in [-0.3, -0.25) is 4.79 Å². The molecule has 0 unspecified atom stereocenters. The lowest BCUT2D eigenvalue weighted by atomic mass is 9.93. The highest BCUT2D eigenvalue weighted by Gasteiger charge is 2.19. The Labute approximate surface area is 242 Å². The van der Waals surface area contributed by atoms with E-state index in [9.17, 15) is 4.79 Å². The zero-order valence-electron chi connectivity index (χ0n) is 26.7. The summed E-state index contributed by atoms with van der Waals surface area (Å²) in [7, 11) is 0. The van der Waals surface area contributed by atoms with Crippen LogP contribution in [0.25, 0.3) is 10.9 Å². The van der Waals surface area contributed by atoms with E-state index in [0.717, 1.165) is 33.6 Å². The third kappa shape index (κ3) is 11.9. The SMILES string of the molecule is C=C(Cc1ccc(NC(=O)c2cc3ccccc3[nH]2)cc1)Nc1cc(C(C)(C)C)on1.CC.CC.CC.CCC. The first-order chi connectivity index (χ1) is 19.2. The fraction of sp³-hybridized carbons (Fsp3) is 0.412. The van der Waals surface area contributed by atoms with Crippen LogP contribution in [-0.2, 0) is 11.8 Å². The Bertz CT molecular complexity index is 1210. The van der Waals surface area contributed by atoms with E-state index in [1.165, 1.54) is 6.42 Å². The lowest BCUT2D eigenvalue weighted by Gasteiger charge is -2.12. The molecule has 0 bridgehead atoms. The third-order valence-electron chi connectivity index (χ3n) is 4.96. The second-order valence-corrected chi connectivity index (χ2v) is 9.36. The van der Waals surface area contributed by atoms with Gasteiger partial charge in [0.05, 0.1) is 0 Å². The van der Waals surface area contributed by atoms with Crippen molar-refractivity contribution in [2.75, 3.05) is 10.6 Å². The number of rotatable bonds is 6. The molecule has 2 aromatic carbocycles. The Balaban J connectivity index is 0.00000153. The van der Waals surface area contributed by atoms with Gasteiger partial charge in [0, 0.05) is 40.2 Å². The number of anilines is 2. The summed E-state index contributed by atoms with van der Waals surface area (Å²) in [5.41, 5.74) is 3.99. The van der Waals surface area contributed by atoms with Gasteiger partial charge < -0.3 is 20.1 Å². The fourth-order valence-electron chi connectivity index (χ4n) is 3.26. The first kappa shape index (κ1) is 36.2. The molecule has 4 rings (SSSR count). The van der Waals surface area contributed by atoms with E-state index in [4.69, 9.17) is 4.52 Å². The van der Waals surface area contributed by atoms with E-state index in [-0.39, 0.29) is 11.3 Å². The second-order valence-electron chi connectivity index (χ2n) is 9.36. The number of aromatic nitrogens is 2. The smallest absolute Gasteiger partial charge is 0.272 e. The molecule has 220 valence electrons. The van der Waals surface area contributed by atoms with Gasteiger partial charge in [-0.15, -0.1) is 0 Å². The van der Waals surface area contributed by atoms with E-state index in [1.54, 1.807) is 0 Å². The molecule has 2 heterocycles. The van der Waals surface area contributed by atoms with Gasteiger partial charge in [-0.1, -0.05) is 125 Å². The summed E-state index contributed by atoms with van der Waals surface area (Å²) in [5, 5.41) is 11.2. The van der Waals surface area contributed by atoms with Crippen LogP contribution >= 0.6 is 0 Å². The van der Waals surface area contributed by atoms with Crippen LogP contribution in [0, 0.1) is 0 Å². The molecule has 3 N–H and O–H groups in total. The minimum Gasteiger partial charge on any atom is -0.359 e. The molecule has 0 radical (unpaired) electrons. The van der Waals surface area contributed by atoms with E-state index in [2.05, 4.69) is 62.0 Å². The first-order valence-electron chi connectivity index (χ1n) is 14.6. The number of fused-ring (bicyclic) bond motifs is 1. The summed E-state index contributed by atoms with van der Waals surface area (Å²) in [6.07, 6.45) is 1.88. The number of nitrogens with one attached hydrogen (secondary N) is 3. The molecule has 1 amide bonds. The number of amides is 1. The summed E-state index contributed by atoms with van der Waals surface area (Å²) in [5.74, 6) is 1.30. The van der Waals surface area contributed by atoms with Gasteiger partial charge in [0.1, 0.15) is 11.5 Å². The molecule has 0 spiro atoms. The molecule has 0 aliphatic rings. The van der Waals surface area contributed by atoms with Crippen LogP contribution in [0.1, 0.15) is 104 Å². The minimum atomic E-state index is -0.171. The third-order valence-corrected chi connectivity index (χ3v) is 4.96. The Morgan fingerprint density at radius 3 is 2.00 bits per heavy atom. The topological polar surface area (TPSA) is 83.0 Å². The van der Waals surface area contributed by atoms with E-state index in [1.807, 2.05) is 102 Å². The number of aromatic amines is 1. The monoisotopic (exact) mass is 548 g/mol. The number of hydrogen-bond donors (Lipinski definition) is 3. The number of carbonyl (C=O) groups excluding carboxylic acids is 1. The quantitative estimate of drug-likeness (QED) is 0.224. The van der Waals surface area contributed by atoms with Crippen molar-refractivity contribution >= 4 is 28.3 Å². The molecular weight excluding hydrogens is 496 g/mol. The van der Waals surface area contributed by atoms with Crippen molar-refractivity contribution in [3.63, 3.8) is 0 Å². The number of carbonyl (C=O) groups is 1. The second kappa shape index (κ2) is 19.3. The molecule has 0 fully saturated rings. The van der Waals surface area contributed by atoms with Crippen molar-refractivity contribution in [1.82, 2.24) is 10.1 Å². The highest BCUT2D eigenvalue weighted by Crippen LogP contribution is 2.25. The minimum absolute atomic E-state index is 0.0959. The molecule has 0 aliphatic heterocycles. The van der Waals surface area contributed by atoms with Gasteiger partial charge in [0.25, 0.3) is 5.91 Å². The average molecular weight is 549 g/mol. The Morgan fingerprint density at radius 2 is 1.48 bits per heavy atom. The van der Waals surface area contributed by atoms with Crippen molar-refractivity contribution in [3.8, 4) is 0 Å². The van der Waals surface area contributed by atoms with E-state index < -0.39 is 0 Å². The maximum atomic E-state index is 12.5. The molecule has 0 atom stereocenters. The van der Waals surface area contributed by atoms with Crippen LogP contribution in [0.4, 0.5) is 11.5 Å². The summed E-state index contributed by atoms with van der Waals surface area (Å²) in [6, 6.07) is 19.3. The summed E-state index contributed by atoms with van der Waals surface area (Å²) in [4.78, 5) is 15.7. The van der Waals surface area contributed by atoms with Crippen molar-refractivity contribution < 1.29 is 9.32 Å². The Kier molecular flexibility index (Phi) is 17.5. The summed E-state index contributed by atoms with van der Waals surface area (Å²) in [6.45, 7) is 26.6. The van der Waals surface area contributed by atoms with Crippen LogP contribution in [0.3, 0.4) is 0 Å². The number of para-hydroxylation sites is 1. The number of allylic oxidation sites excluding steroid dienone is 1. The molecule has 0 aliphatic carbocycles. The van der Waals surface area contributed by atoms with Crippen LogP contribution in [-0.4, -0.2) is 16.0 Å². The number of benzene rings is 2. The Morgan fingerprint density at radius 1 is 0.900 bits per heavy atom. The van der Waals surface area contributed by atoms with Gasteiger partial charge in [-0.25, -0.2) is 0 Å². The van der Waals surface area contributed by atoms with Crippen LogP contribution in [0.15, 0.2) is 77.5 Å². The lowest BCUT2D eigenvalue weighted by Crippen LogP contribution is -2.12.